The zero-order valence-electron chi connectivity index (χ0n) is 11.6. The number of anilines is 1. The summed E-state index contributed by atoms with van der Waals surface area (Å²) in [7, 11) is 0. The van der Waals surface area contributed by atoms with Gasteiger partial charge < -0.3 is 10.6 Å². The molecule has 0 unspecified atom stereocenters. The number of nitrogens with one attached hydrogen (secondary N) is 2. The van der Waals surface area contributed by atoms with Crippen LogP contribution in [0.2, 0.25) is 0 Å². The first-order chi connectivity index (χ1) is 9.31. The van der Waals surface area contributed by atoms with Crippen LogP contribution >= 0.6 is 23.7 Å². The Hall–Kier alpha value is -0.650. The second-order valence-electron chi connectivity index (χ2n) is 5.63. The molecule has 2 aliphatic rings. The Labute approximate surface area is 130 Å². The van der Waals surface area contributed by atoms with E-state index < -0.39 is 0 Å². The lowest BCUT2D eigenvalue weighted by atomic mass is 9.93. The maximum Gasteiger partial charge on any atom is 0.226 e. The Kier molecular flexibility index (Phi) is 5.81. The van der Waals surface area contributed by atoms with Crippen molar-refractivity contribution in [1.82, 2.24) is 10.3 Å². The van der Waals surface area contributed by atoms with Gasteiger partial charge in [0.2, 0.25) is 5.91 Å². The van der Waals surface area contributed by atoms with Crippen molar-refractivity contribution in [2.45, 2.75) is 44.4 Å². The molecule has 1 aliphatic carbocycles. The molecule has 4 nitrogen and oxygen atoms in total. The summed E-state index contributed by atoms with van der Waals surface area (Å²) in [4.78, 5) is 16.4. The van der Waals surface area contributed by atoms with Crippen LogP contribution in [0.4, 0.5) is 5.13 Å². The lowest BCUT2D eigenvalue weighted by Gasteiger charge is -2.21. The van der Waals surface area contributed by atoms with Gasteiger partial charge in [-0.25, -0.2) is 4.98 Å². The van der Waals surface area contributed by atoms with Gasteiger partial charge in [-0.1, -0.05) is 0 Å². The molecule has 1 aromatic rings. The number of halogens is 1. The third kappa shape index (κ3) is 4.43. The Balaban J connectivity index is 0.00000147. The van der Waals surface area contributed by atoms with Crippen LogP contribution in [0.3, 0.4) is 0 Å². The molecule has 3 rings (SSSR count). The molecule has 20 heavy (non-hydrogen) atoms. The fourth-order valence-corrected chi connectivity index (χ4v) is 3.41. The highest BCUT2D eigenvalue weighted by atomic mass is 35.5. The molecule has 112 valence electrons. The van der Waals surface area contributed by atoms with Gasteiger partial charge in [0.1, 0.15) is 0 Å². The van der Waals surface area contributed by atoms with E-state index >= 15 is 0 Å². The predicted molar refractivity (Wildman–Crippen MR) is 84.8 cm³/mol. The van der Waals surface area contributed by atoms with Crippen LogP contribution in [0.5, 0.6) is 0 Å². The molecule has 0 radical (unpaired) electrons. The van der Waals surface area contributed by atoms with E-state index in [0.717, 1.165) is 24.6 Å². The number of nitrogens with zero attached hydrogens (tertiary/aromatic N) is 1. The van der Waals surface area contributed by atoms with Gasteiger partial charge in [-0.15, -0.1) is 23.7 Å². The lowest BCUT2D eigenvalue weighted by molar-refractivity contribution is -0.116. The zero-order chi connectivity index (χ0) is 13.1. The highest BCUT2D eigenvalue weighted by molar-refractivity contribution is 7.13. The van der Waals surface area contributed by atoms with E-state index in [2.05, 4.69) is 21.0 Å². The van der Waals surface area contributed by atoms with E-state index in [4.69, 9.17) is 0 Å². The predicted octanol–water partition coefficient (Wildman–Crippen LogP) is 3.16. The van der Waals surface area contributed by atoms with Gasteiger partial charge in [0.05, 0.1) is 5.69 Å². The summed E-state index contributed by atoms with van der Waals surface area (Å²) >= 11 is 1.55. The van der Waals surface area contributed by atoms with Crippen LogP contribution in [0.25, 0.3) is 0 Å². The minimum absolute atomic E-state index is 0. The van der Waals surface area contributed by atoms with Gasteiger partial charge in [0.15, 0.2) is 5.13 Å². The second-order valence-corrected chi connectivity index (χ2v) is 6.49. The summed E-state index contributed by atoms with van der Waals surface area (Å²) in [6, 6.07) is 0. The first-order valence-corrected chi connectivity index (χ1v) is 8.15. The summed E-state index contributed by atoms with van der Waals surface area (Å²) in [5.41, 5.74) is 1.17. The molecule has 1 amide bonds. The molecular weight excluding hydrogens is 294 g/mol. The zero-order valence-corrected chi connectivity index (χ0v) is 13.2. The van der Waals surface area contributed by atoms with E-state index in [1.54, 1.807) is 11.3 Å². The van der Waals surface area contributed by atoms with Crippen molar-refractivity contribution in [1.29, 1.82) is 0 Å². The van der Waals surface area contributed by atoms with Gasteiger partial charge >= 0.3 is 0 Å². The molecule has 1 saturated carbocycles. The number of aromatic nitrogens is 1. The molecule has 1 saturated heterocycles. The van der Waals surface area contributed by atoms with Gasteiger partial charge in [-0.3, -0.25) is 4.79 Å². The first kappa shape index (κ1) is 15.7. The van der Waals surface area contributed by atoms with Crippen molar-refractivity contribution in [3.8, 4) is 0 Å². The standard InChI is InChI=1S/C14H21N3OS.ClH/c18-13(4-1-10-5-7-15-8-6-10)17-14-16-12(9-19-14)11-2-3-11;/h9-11,15H,1-8H2,(H,16,17,18);1H. The highest BCUT2D eigenvalue weighted by Crippen LogP contribution is 2.40. The maximum absolute atomic E-state index is 11.9. The summed E-state index contributed by atoms with van der Waals surface area (Å²) < 4.78 is 0. The van der Waals surface area contributed by atoms with Crippen molar-refractivity contribution < 1.29 is 4.79 Å². The largest absolute Gasteiger partial charge is 0.317 e. The Morgan fingerprint density at radius 3 is 2.80 bits per heavy atom. The summed E-state index contributed by atoms with van der Waals surface area (Å²) in [6.45, 7) is 2.20. The molecule has 2 heterocycles. The smallest absolute Gasteiger partial charge is 0.226 e. The Bertz CT molecular complexity index is 441. The number of rotatable bonds is 5. The number of carbonyl (C=O) groups is 1. The van der Waals surface area contributed by atoms with Crippen molar-refractivity contribution in [3.63, 3.8) is 0 Å². The third-order valence-corrected chi connectivity index (χ3v) is 4.78. The molecule has 0 bridgehead atoms. The molecular formula is C14H22ClN3OS. The van der Waals surface area contributed by atoms with E-state index in [1.807, 2.05) is 0 Å². The SMILES string of the molecule is Cl.O=C(CCC1CCNCC1)Nc1nc(C2CC2)cs1. The number of hydrogen-bond acceptors (Lipinski definition) is 4. The molecule has 0 aromatic carbocycles. The van der Waals surface area contributed by atoms with Crippen LogP contribution in [0, 0.1) is 5.92 Å². The minimum atomic E-state index is 0. The van der Waals surface area contributed by atoms with Gasteiger partial charge in [-0.2, -0.15) is 0 Å². The molecule has 6 heteroatoms. The van der Waals surface area contributed by atoms with Gasteiger partial charge in [0, 0.05) is 17.7 Å². The second kappa shape index (κ2) is 7.38. The van der Waals surface area contributed by atoms with Crippen molar-refractivity contribution in [2.24, 2.45) is 5.92 Å². The normalized spacial score (nSPS) is 19.4. The van der Waals surface area contributed by atoms with Gasteiger partial charge in [0.25, 0.3) is 0 Å². The van der Waals surface area contributed by atoms with E-state index in [9.17, 15) is 4.79 Å². The fraction of sp³-hybridized carbons (Fsp3) is 0.714. The molecule has 2 fully saturated rings. The Morgan fingerprint density at radius 2 is 2.10 bits per heavy atom. The van der Waals surface area contributed by atoms with Crippen LogP contribution in [0.1, 0.15) is 50.1 Å². The number of thiazole rings is 1. The van der Waals surface area contributed by atoms with E-state index in [0.29, 0.717) is 18.3 Å². The van der Waals surface area contributed by atoms with Crippen molar-refractivity contribution >= 4 is 34.8 Å². The highest BCUT2D eigenvalue weighted by Gasteiger charge is 2.26. The lowest BCUT2D eigenvalue weighted by Crippen LogP contribution is -2.28. The van der Waals surface area contributed by atoms with Crippen molar-refractivity contribution in [2.75, 3.05) is 18.4 Å². The summed E-state index contributed by atoms with van der Waals surface area (Å²) in [5.74, 6) is 1.50. The number of piperidine rings is 1. The first-order valence-electron chi connectivity index (χ1n) is 7.27. The molecule has 1 aromatic heterocycles. The summed E-state index contributed by atoms with van der Waals surface area (Å²) in [5, 5.41) is 9.15. The summed E-state index contributed by atoms with van der Waals surface area (Å²) in [6.07, 6.45) is 6.56. The van der Waals surface area contributed by atoms with Crippen LogP contribution in [0.15, 0.2) is 5.38 Å². The van der Waals surface area contributed by atoms with E-state index in [1.165, 1.54) is 31.4 Å². The Morgan fingerprint density at radius 1 is 1.35 bits per heavy atom. The van der Waals surface area contributed by atoms with Crippen LogP contribution in [-0.2, 0) is 4.79 Å². The average molecular weight is 316 g/mol. The fourth-order valence-electron chi connectivity index (χ4n) is 2.60. The third-order valence-electron chi connectivity index (χ3n) is 4.00. The van der Waals surface area contributed by atoms with Crippen LogP contribution < -0.4 is 10.6 Å². The number of carbonyl (C=O) groups excluding carboxylic acids is 1. The average Bonchev–Trinajstić information content (AvgIpc) is 3.19. The van der Waals surface area contributed by atoms with Crippen molar-refractivity contribution in [3.05, 3.63) is 11.1 Å². The topological polar surface area (TPSA) is 54.0 Å². The van der Waals surface area contributed by atoms with Crippen LogP contribution in [-0.4, -0.2) is 24.0 Å². The molecule has 0 spiro atoms. The molecule has 2 N–H and O–H groups in total. The quantitative estimate of drug-likeness (QED) is 0.877. The molecule has 0 atom stereocenters. The monoisotopic (exact) mass is 315 g/mol. The van der Waals surface area contributed by atoms with Gasteiger partial charge in [-0.05, 0) is 51.1 Å². The molecule has 1 aliphatic heterocycles. The number of hydrogen-bond donors (Lipinski definition) is 2. The number of amides is 1. The minimum Gasteiger partial charge on any atom is -0.317 e. The van der Waals surface area contributed by atoms with E-state index in [-0.39, 0.29) is 18.3 Å². The maximum atomic E-state index is 11.9.